The molecule has 0 aromatic rings. The Kier molecular flexibility index (Phi) is 2.85. The lowest BCUT2D eigenvalue weighted by Gasteiger charge is -2.55. The number of fused-ring (bicyclic) bond motifs is 4. The summed E-state index contributed by atoms with van der Waals surface area (Å²) in [6.07, 6.45) is 12.4. The van der Waals surface area contributed by atoms with E-state index in [1.807, 2.05) is 17.2 Å². The molecule has 0 spiro atoms. The Hall–Kier alpha value is -0.850. The molecule has 0 unspecified atom stereocenters. The molecule has 4 rings (SSSR count). The zero-order chi connectivity index (χ0) is 14.8. The van der Waals surface area contributed by atoms with Gasteiger partial charge in [0.2, 0.25) is 0 Å². The Morgan fingerprint density at radius 2 is 1.86 bits per heavy atom. The maximum Gasteiger partial charge on any atom is 0.161 e. The third kappa shape index (κ3) is 1.85. The molecule has 1 heteroatoms. The highest BCUT2D eigenvalue weighted by atomic mass is 16.1. The topological polar surface area (TPSA) is 17.1 Å². The second kappa shape index (κ2) is 4.33. The first-order chi connectivity index (χ1) is 9.92. The van der Waals surface area contributed by atoms with Gasteiger partial charge in [0.1, 0.15) is 0 Å². The zero-order valence-corrected chi connectivity index (χ0v) is 13.8. The van der Waals surface area contributed by atoms with Crippen molar-refractivity contribution in [1.29, 1.82) is 0 Å². The van der Waals surface area contributed by atoms with E-state index in [4.69, 9.17) is 0 Å². The van der Waals surface area contributed by atoms with Crippen LogP contribution in [0.5, 0.6) is 0 Å². The molecule has 1 saturated carbocycles. The van der Waals surface area contributed by atoms with Crippen LogP contribution in [0.3, 0.4) is 0 Å². The van der Waals surface area contributed by atoms with Gasteiger partial charge in [-0.15, -0.1) is 0 Å². The van der Waals surface area contributed by atoms with Crippen LogP contribution in [-0.4, -0.2) is 5.78 Å². The van der Waals surface area contributed by atoms with Gasteiger partial charge in [-0.3, -0.25) is 4.79 Å². The van der Waals surface area contributed by atoms with Gasteiger partial charge in [-0.1, -0.05) is 37.5 Å². The minimum atomic E-state index is -0.162. The minimum absolute atomic E-state index is 0.162. The molecule has 0 heterocycles. The van der Waals surface area contributed by atoms with Gasteiger partial charge in [0.25, 0.3) is 0 Å². The largest absolute Gasteiger partial charge is 0.294 e. The predicted molar refractivity (Wildman–Crippen MR) is 85.9 cm³/mol. The van der Waals surface area contributed by atoms with Gasteiger partial charge in [0, 0.05) is 5.41 Å². The van der Waals surface area contributed by atoms with E-state index in [-0.39, 0.29) is 10.8 Å². The van der Waals surface area contributed by atoms with Crippen molar-refractivity contribution < 1.29 is 4.79 Å². The molecule has 0 amide bonds. The molecule has 0 bridgehead atoms. The molecular formula is C20H28O. The molecule has 21 heavy (non-hydrogen) atoms. The molecule has 0 N–H and O–H groups in total. The summed E-state index contributed by atoms with van der Waals surface area (Å²) in [5, 5.41) is 0. The first kappa shape index (κ1) is 13.8. The predicted octanol–water partition coefficient (Wildman–Crippen LogP) is 5.22. The van der Waals surface area contributed by atoms with E-state index in [1.54, 1.807) is 0 Å². The lowest BCUT2D eigenvalue weighted by Crippen LogP contribution is -2.47. The van der Waals surface area contributed by atoms with Crippen molar-refractivity contribution in [3.8, 4) is 0 Å². The van der Waals surface area contributed by atoms with Crippen LogP contribution in [0.1, 0.15) is 72.1 Å². The second-order valence-electron chi connectivity index (χ2n) is 8.78. The molecule has 1 fully saturated rings. The fourth-order valence-corrected chi connectivity index (χ4v) is 6.15. The maximum atomic E-state index is 12.4. The van der Waals surface area contributed by atoms with Crippen molar-refractivity contribution >= 4 is 5.78 Å². The molecule has 0 saturated heterocycles. The Bertz CT molecular complexity index is 562. The molecule has 0 radical (unpaired) electrons. The first-order valence-electron chi connectivity index (χ1n) is 8.88. The summed E-state index contributed by atoms with van der Waals surface area (Å²) in [7, 11) is 0. The van der Waals surface area contributed by atoms with Crippen LogP contribution in [0.4, 0.5) is 0 Å². The van der Waals surface area contributed by atoms with Crippen molar-refractivity contribution in [3.05, 3.63) is 22.8 Å². The minimum Gasteiger partial charge on any atom is -0.294 e. The average molecular weight is 284 g/mol. The number of hydrogen-bond acceptors (Lipinski definition) is 1. The normalized spacial score (nSPS) is 41.3. The van der Waals surface area contributed by atoms with Crippen LogP contribution in [0, 0.1) is 22.7 Å². The second-order valence-corrected chi connectivity index (χ2v) is 8.78. The van der Waals surface area contributed by atoms with Crippen molar-refractivity contribution in [1.82, 2.24) is 0 Å². The third-order valence-corrected chi connectivity index (χ3v) is 7.13. The summed E-state index contributed by atoms with van der Waals surface area (Å²) in [6, 6.07) is 0. The van der Waals surface area contributed by atoms with E-state index >= 15 is 0 Å². The highest BCUT2D eigenvalue weighted by Gasteiger charge is 2.53. The highest BCUT2D eigenvalue weighted by molar-refractivity contribution is 5.96. The van der Waals surface area contributed by atoms with Crippen LogP contribution in [0.2, 0.25) is 0 Å². The zero-order valence-electron chi connectivity index (χ0n) is 13.8. The number of ketones is 1. The van der Waals surface area contributed by atoms with Crippen LogP contribution >= 0.6 is 0 Å². The molecule has 0 aromatic heterocycles. The summed E-state index contributed by atoms with van der Waals surface area (Å²) in [6.45, 7) is 6.78. The fourth-order valence-electron chi connectivity index (χ4n) is 6.15. The van der Waals surface area contributed by atoms with E-state index in [1.165, 1.54) is 44.1 Å². The lowest BCUT2D eigenvalue weighted by molar-refractivity contribution is -0.126. The molecule has 1 nitrogen and oxygen atoms in total. The summed E-state index contributed by atoms with van der Waals surface area (Å²) >= 11 is 0. The van der Waals surface area contributed by atoms with Crippen LogP contribution in [0.25, 0.3) is 0 Å². The monoisotopic (exact) mass is 284 g/mol. The van der Waals surface area contributed by atoms with E-state index in [0.717, 1.165) is 24.7 Å². The molecule has 4 aliphatic carbocycles. The molecule has 114 valence electrons. The molecule has 0 aliphatic heterocycles. The summed E-state index contributed by atoms with van der Waals surface area (Å²) in [5.41, 5.74) is 5.26. The first-order valence-corrected chi connectivity index (χ1v) is 8.88. The van der Waals surface area contributed by atoms with Gasteiger partial charge in [0.15, 0.2) is 5.78 Å². The van der Waals surface area contributed by atoms with Gasteiger partial charge in [-0.25, -0.2) is 0 Å². The van der Waals surface area contributed by atoms with Crippen LogP contribution in [0.15, 0.2) is 22.8 Å². The Labute approximate surface area is 128 Å². The molecule has 0 aromatic carbocycles. The average Bonchev–Trinajstić information content (AvgIpc) is 2.88. The maximum absolute atomic E-state index is 12.4. The lowest BCUT2D eigenvalue weighted by atomic mass is 9.49. The van der Waals surface area contributed by atoms with Gasteiger partial charge in [0.05, 0.1) is 0 Å². The third-order valence-electron chi connectivity index (χ3n) is 7.13. The summed E-state index contributed by atoms with van der Waals surface area (Å²) in [4.78, 5) is 12.4. The van der Waals surface area contributed by atoms with Gasteiger partial charge < -0.3 is 0 Å². The van der Waals surface area contributed by atoms with E-state index in [0.29, 0.717) is 5.78 Å². The highest BCUT2D eigenvalue weighted by Crippen LogP contribution is 2.61. The van der Waals surface area contributed by atoms with Crippen molar-refractivity contribution in [3.63, 3.8) is 0 Å². The smallest absolute Gasteiger partial charge is 0.161 e. The van der Waals surface area contributed by atoms with Gasteiger partial charge >= 0.3 is 0 Å². The van der Waals surface area contributed by atoms with E-state index in [9.17, 15) is 4.79 Å². The van der Waals surface area contributed by atoms with Crippen LogP contribution < -0.4 is 0 Å². The van der Waals surface area contributed by atoms with Crippen molar-refractivity contribution in [2.75, 3.05) is 0 Å². The van der Waals surface area contributed by atoms with Gasteiger partial charge in [-0.05, 0) is 74.7 Å². The van der Waals surface area contributed by atoms with E-state index in [2.05, 4.69) is 20.8 Å². The molecule has 4 aliphatic rings. The van der Waals surface area contributed by atoms with Crippen molar-refractivity contribution in [2.24, 2.45) is 22.7 Å². The quantitative estimate of drug-likeness (QED) is 0.557. The number of hydrogen-bond donors (Lipinski definition) is 0. The number of carbonyl (C=O) groups is 1. The van der Waals surface area contributed by atoms with Crippen molar-refractivity contribution in [2.45, 2.75) is 72.1 Å². The van der Waals surface area contributed by atoms with Crippen LogP contribution in [-0.2, 0) is 4.79 Å². The number of carbonyl (C=O) groups excluding carboxylic acids is 1. The molecular weight excluding hydrogens is 256 g/mol. The molecule has 3 atom stereocenters. The fraction of sp³-hybridized carbons (Fsp3) is 0.750. The number of rotatable bonds is 0. The Morgan fingerprint density at radius 3 is 2.67 bits per heavy atom. The van der Waals surface area contributed by atoms with E-state index < -0.39 is 0 Å². The Balaban J connectivity index is 1.75. The summed E-state index contributed by atoms with van der Waals surface area (Å²) < 4.78 is 0. The summed E-state index contributed by atoms with van der Waals surface area (Å²) in [5.74, 6) is 1.99. The number of allylic oxidation sites excluding steroid dienone is 4. The standard InChI is InChI=1S/C20H28O/c1-19(2)12-20(3)14(11-18(19)21)8-9-16-15-6-4-5-13(15)7-10-17(16)20/h11,16-17H,4-10,12H2,1-3H3/t16-,17-,20-/m0/s1. The van der Waals surface area contributed by atoms with Gasteiger partial charge in [-0.2, -0.15) is 0 Å². The SMILES string of the molecule is CC1(C)C[C@@]2(C)C(=CC1=O)CC[C@H]1C3=C(CCC3)CC[C@@H]12. The Morgan fingerprint density at radius 1 is 1.05 bits per heavy atom.